The van der Waals surface area contributed by atoms with Crippen LogP contribution in [0.3, 0.4) is 0 Å². The summed E-state index contributed by atoms with van der Waals surface area (Å²) in [5, 5.41) is 0. The minimum absolute atomic E-state index is 0.184. The average Bonchev–Trinajstić information content (AvgIpc) is 2.61. The summed E-state index contributed by atoms with van der Waals surface area (Å²) in [6.45, 7) is 6.07. The van der Waals surface area contributed by atoms with Crippen molar-refractivity contribution in [2.75, 3.05) is 61.2 Å². The Morgan fingerprint density at radius 1 is 1.12 bits per heavy atom. The van der Waals surface area contributed by atoms with Crippen LogP contribution in [0.4, 0.5) is 0 Å². The monoisotopic (exact) mass is 348 g/mol. The highest BCUT2D eigenvalue weighted by Crippen LogP contribution is 2.45. The standard InChI is InChI=1S/C20H32N2O3/c1-21(2)8-5-9-22-14-16-12-18(23-3)19(24-4)13-17(16)20(15-22)6-10-25-11-7-20/h12-13H,5-11,14-15H2,1-4H3. The van der Waals surface area contributed by atoms with Crippen LogP contribution in [0.5, 0.6) is 11.5 Å². The second-order valence-electron chi connectivity index (χ2n) is 7.62. The molecule has 0 N–H and O–H groups in total. The molecule has 5 heteroatoms. The van der Waals surface area contributed by atoms with E-state index in [4.69, 9.17) is 14.2 Å². The van der Waals surface area contributed by atoms with E-state index in [1.54, 1.807) is 14.2 Å². The van der Waals surface area contributed by atoms with Crippen molar-refractivity contribution in [3.05, 3.63) is 23.3 Å². The van der Waals surface area contributed by atoms with Gasteiger partial charge in [-0.2, -0.15) is 0 Å². The molecule has 2 heterocycles. The third-order valence-corrected chi connectivity index (χ3v) is 5.63. The molecule has 3 rings (SSSR count). The first-order valence-electron chi connectivity index (χ1n) is 9.28. The highest BCUT2D eigenvalue weighted by Gasteiger charge is 2.41. The van der Waals surface area contributed by atoms with Gasteiger partial charge >= 0.3 is 0 Å². The lowest BCUT2D eigenvalue weighted by molar-refractivity contribution is 0.0251. The van der Waals surface area contributed by atoms with Crippen molar-refractivity contribution in [2.45, 2.75) is 31.2 Å². The summed E-state index contributed by atoms with van der Waals surface area (Å²) in [4.78, 5) is 4.87. The Morgan fingerprint density at radius 3 is 2.44 bits per heavy atom. The molecule has 0 radical (unpaired) electrons. The Hall–Kier alpha value is -1.30. The first kappa shape index (κ1) is 18.5. The summed E-state index contributed by atoms with van der Waals surface area (Å²) in [6, 6.07) is 4.40. The van der Waals surface area contributed by atoms with E-state index >= 15 is 0 Å². The molecular weight excluding hydrogens is 316 g/mol. The Bertz CT molecular complexity index is 583. The number of rotatable bonds is 6. The van der Waals surface area contributed by atoms with E-state index in [0.717, 1.165) is 63.7 Å². The maximum absolute atomic E-state index is 5.68. The highest BCUT2D eigenvalue weighted by molar-refractivity contribution is 5.51. The second-order valence-corrected chi connectivity index (χ2v) is 7.62. The average molecular weight is 348 g/mol. The highest BCUT2D eigenvalue weighted by atomic mass is 16.5. The molecule has 5 nitrogen and oxygen atoms in total. The van der Waals surface area contributed by atoms with Crippen molar-refractivity contribution in [3.8, 4) is 11.5 Å². The van der Waals surface area contributed by atoms with Gasteiger partial charge in [0.25, 0.3) is 0 Å². The lowest BCUT2D eigenvalue weighted by Gasteiger charge is -2.46. The van der Waals surface area contributed by atoms with Gasteiger partial charge in [-0.3, -0.25) is 4.90 Å². The van der Waals surface area contributed by atoms with Crippen LogP contribution in [0.1, 0.15) is 30.4 Å². The molecular formula is C20H32N2O3. The molecule has 0 unspecified atom stereocenters. The summed E-state index contributed by atoms with van der Waals surface area (Å²) in [6.07, 6.45) is 3.36. The van der Waals surface area contributed by atoms with E-state index in [-0.39, 0.29) is 5.41 Å². The van der Waals surface area contributed by atoms with E-state index in [0.29, 0.717) is 0 Å². The zero-order valence-corrected chi connectivity index (χ0v) is 16.1. The van der Waals surface area contributed by atoms with Gasteiger partial charge in [0.05, 0.1) is 14.2 Å². The first-order valence-corrected chi connectivity index (χ1v) is 9.28. The van der Waals surface area contributed by atoms with Gasteiger partial charge in [0.1, 0.15) is 0 Å². The smallest absolute Gasteiger partial charge is 0.161 e. The van der Waals surface area contributed by atoms with Gasteiger partial charge in [-0.1, -0.05) is 0 Å². The van der Waals surface area contributed by atoms with Gasteiger partial charge in [0.2, 0.25) is 0 Å². The number of methoxy groups -OCH3 is 2. The Morgan fingerprint density at radius 2 is 1.80 bits per heavy atom. The van der Waals surface area contributed by atoms with Crippen molar-refractivity contribution >= 4 is 0 Å². The van der Waals surface area contributed by atoms with Gasteiger partial charge in [-0.15, -0.1) is 0 Å². The van der Waals surface area contributed by atoms with Crippen LogP contribution in [-0.2, 0) is 16.7 Å². The molecule has 0 saturated carbocycles. The van der Waals surface area contributed by atoms with E-state index in [1.807, 2.05) is 0 Å². The topological polar surface area (TPSA) is 34.2 Å². The Labute approximate surface area is 151 Å². The normalized spacial score (nSPS) is 19.9. The molecule has 2 aliphatic rings. The zero-order chi connectivity index (χ0) is 17.9. The molecule has 25 heavy (non-hydrogen) atoms. The van der Waals surface area contributed by atoms with Gasteiger partial charge < -0.3 is 19.1 Å². The van der Waals surface area contributed by atoms with Crippen molar-refractivity contribution < 1.29 is 14.2 Å². The second kappa shape index (κ2) is 7.94. The SMILES string of the molecule is COc1cc2c(cc1OC)C1(CCOCC1)CN(CCCN(C)C)C2. The molecule has 1 saturated heterocycles. The van der Waals surface area contributed by atoms with Crippen molar-refractivity contribution in [1.29, 1.82) is 0 Å². The third kappa shape index (κ3) is 3.94. The van der Waals surface area contributed by atoms with Crippen molar-refractivity contribution in [1.82, 2.24) is 9.80 Å². The number of benzene rings is 1. The van der Waals surface area contributed by atoms with E-state index in [1.165, 1.54) is 17.5 Å². The largest absolute Gasteiger partial charge is 0.493 e. The summed E-state index contributed by atoms with van der Waals surface area (Å²) < 4.78 is 16.8. The molecule has 0 bridgehead atoms. The lowest BCUT2D eigenvalue weighted by Crippen LogP contribution is -2.49. The van der Waals surface area contributed by atoms with Crippen LogP contribution < -0.4 is 9.47 Å². The molecule has 1 fully saturated rings. The summed E-state index contributed by atoms with van der Waals surface area (Å²) in [5.41, 5.74) is 3.01. The number of hydrogen-bond acceptors (Lipinski definition) is 5. The van der Waals surface area contributed by atoms with Gasteiger partial charge in [-0.25, -0.2) is 0 Å². The quantitative estimate of drug-likeness (QED) is 0.789. The van der Waals surface area contributed by atoms with E-state index in [9.17, 15) is 0 Å². The van der Waals surface area contributed by atoms with Gasteiger partial charge in [0.15, 0.2) is 11.5 Å². The predicted molar refractivity (Wildman–Crippen MR) is 99.7 cm³/mol. The van der Waals surface area contributed by atoms with E-state index in [2.05, 4.69) is 36.0 Å². The molecule has 1 aromatic carbocycles. The zero-order valence-electron chi connectivity index (χ0n) is 16.1. The molecule has 0 aromatic heterocycles. The van der Waals surface area contributed by atoms with Crippen LogP contribution in [-0.4, -0.2) is 71.0 Å². The van der Waals surface area contributed by atoms with Crippen molar-refractivity contribution in [3.63, 3.8) is 0 Å². The summed E-state index contributed by atoms with van der Waals surface area (Å²) in [7, 11) is 7.72. The van der Waals surface area contributed by atoms with Crippen LogP contribution in [0, 0.1) is 0 Å². The van der Waals surface area contributed by atoms with Crippen LogP contribution in [0.15, 0.2) is 12.1 Å². The minimum atomic E-state index is 0.184. The minimum Gasteiger partial charge on any atom is -0.493 e. The van der Waals surface area contributed by atoms with Gasteiger partial charge in [0, 0.05) is 31.7 Å². The number of hydrogen-bond donors (Lipinski definition) is 0. The fraction of sp³-hybridized carbons (Fsp3) is 0.700. The molecule has 1 aromatic rings. The van der Waals surface area contributed by atoms with Crippen LogP contribution >= 0.6 is 0 Å². The number of fused-ring (bicyclic) bond motifs is 2. The Balaban J connectivity index is 1.90. The van der Waals surface area contributed by atoms with Crippen molar-refractivity contribution in [2.24, 2.45) is 0 Å². The summed E-state index contributed by atoms with van der Waals surface area (Å²) in [5.74, 6) is 1.67. The van der Waals surface area contributed by atoms with E-state index < -0.39 is 0 Å². The maximum Gasteiger partial charge on any atom is 0.161 e. The first-order chi connectivity index (χ1) is 12.1. The summed E-state index contributed by atoms with van der Waals surface area (Å²) >= 11 is 0. The molecule has 1 spiro atoms. The number of ether oxygens (including phenoxy) is 3. The van der Waals surface area contributed by atoms with Crippen LogP contribution in [0.25, 0.3) is 0 Å². The molecule has 0 atom stereocenters. The fourth-order valence-corrected chi connectivity index (χ4v) is 4.31. The van der Waals surface area contributed by atoms with Crippen LogP contribution in [0.2, 0.25) is 0 Å². The fourth-order valence-electron chi connectivity index (χ4n) is 4.31. The maximum atomic E-state index is 5.68. The Kier molecular flexibility index (Phi) is 5.87. The third-order valence-electron chi connectivity index (χ3n) is 5.63. The van der Waals surface area contributed by atoms with Gasteiger partial charge in [-0.05, 0) is 69.7 Å². The molecule has 2 aliphatic heterocycles. The molecule has 140 valence electrons. The molecule has 0 aliphatic carbocycles. The predicted octanol–water partition coefficient (Wildman–Crippen LogP) is 2.52. The lowest BCUT2D eigenvalue weighted by atomic mass is 9.70. The molecule has 0 amide bonds. The number of nitrogens with zero attached hydrogens (tertiary/aromatic N) is 2.